The van der Waals surface area contributed by atoms with Crippen molar-refractivity contribution in [3.8, 4) is 11.1 Å². The van der Waals surface area contributed by atoms with Gasteiger partial charge in [-0.25, -0.2) is 14.5 Å². The number of fused-ring (bicyclic) bond motifs is 1. The highest BCUT2D eigenvalue weighted by Gasteiger charge is 2.23. The van der Waals surface area contributed by atoms with Crippen LogP contribution in [0.3, 0.4) is 0 Å². The molecule has 0 aliphatic rings. The molecule has 9 heteroatoms. The van der Waals surface area contributed by atoms with Crippen LogP contribution in [-0.4, -0.2) is 44.7 Å². The predicted octanol–water partition coefficient (Wildman–Crippen LogP) is 4.93. The molecule has 176 valence electrons. The zero-order chi connectivity index (χ0) is 25.3. The standard InChI is InChI=1S/C26H19BrN2O6/c1-28(26(34)35)23(30)17-9-7-15(8-10-17)14-29-22(25(32)33)21(16-5-3-2-4-6-16)20-13-18(27)11-12-19(20)24(29)31/h2-13H,14H2,1H3,(H,32,33)(H,34,35). The Morgan fingerprint density at radius 3 is 2.17 bits per heavy atom. The highest BCUT2D eigenvalue weighted by Crippen LogP contribution is 2.32. The first kappa shape index (κ1) is 23.9. The number of pyridine rings is 1. The molecule has 4 rings (SSSR count). The molecule has 2 amide bonds. The van der Waals surface area contributed by atoms with E-state index < -0.39 is 23.5 Å². The zero-order valence-electron chi connectivity index (χ0n) is 18.4. The number of rotatable bonds is 5. The molecule has 0 saturated carbocycles. The maximum Gasteiger partial charge on any atom is 0.414 e. The molecule has 0 unspecified atom stereocenters. The van der Waals surface area contributed by atoms with Crippen LogP contribution in [0.25, 0.3) is 21.9 Å². The molecule has 0 bridgehead atoms. The molecule has 1 aromatic heterocycles. The fourth-order valence-electron chi connectivity index (χ4n) is 3.91. The second kappa shape index (κ2) is 9.55. The van der Waals surface area contributed by atoms with Crippen LogP contribution in [0.15, 0.2) is 82.1 Å². The number of carboxylic acids is 1. The number of nitrogens with zero attached hydrogens (tertiary/aromatic N) is 2. The van der Waals surface area contributed by atoms with Gasteiger partial charge in [0.25, 0.3) is 11.5 Å². The summed E-state index contributed by atoms with van der Waals surface area (Å²) in [5, 5.41) is 20.1. The van der Waals surface area contributed by atoms with Gasteiger partial charge >= 0.3 is 12.1 Å². The van der Waals surface area contributed by atoms with Gasteiger partial charge in [0.2, 0.25) is 0 Å². The zero-order valence-corrected chi connectivity index (χ0v) is 20.0. The minimum absolute atomic E-state index is 0.0600. The Morgan fingerprint density at radius 2 is 1.57 bits per heavy atom. The van der Waals surface area contributed by atoms with Gasteiger partial charge in [-0.1, -0.05) is 58.4 Å². The van der Waals surface area contributed by atoms with Crippen molar-refractivity contribution in [3.05, 3.63) is 104 Å². The van der Waals surface area contributed by atoms with E-state index in [2.05, 4.69) is 15.9 Å². The van der Waals surface area contributed by atoms with Crippen LogP contribution in [-0.2, 0) is 6.54 Å². The van der Waals surface area contributed by atoms with E-state index in [1.807, 2.05) is 6.07 Å². The minimum Gasteiger partial charge on any atom is -0.477 e. The lowest BCUT2D eigenvalue weighted by Gasteiger charge is -2.18. The van der Waals surface area contributed by atoms with Crippen LogP contribution in [0.4, 0.5) is 4.79 Å². The van der Waals surface area contributed by atoms with Crippen molar-refractivity contribution in [2.75, 3.05) is 7.05 Å². The summed E-state index contributed by atoms with van der Waals surface area (Å²) in [7, 11) is 1.15. The molecule has 0 saturated heterocycles. The van der Waals surface area contributed by atoms with Crippen molar-refractivity contribution >= 4 is 44.7 Å². The van der Waals surface area contributed by atoms with Crippen LogP contribution in [0.1, 0.15) is 26.4 Å². The second-order valence-electron chi connectivity index (χ2n) is 7.82. The summed E-state index contributed by atoms with van der Waals surface area (Å²) in [6.07, 6.45) is -1.38. The molecule has 0 atom stereocenters. The van der Waals surface area contributed by atoms with Crippen molar-refractivity contribution in [1.29, 1.82) is 0 Å². The molecule has 1 heterocycles. The number of carbonyl (C=O) groups excluding carboxylic acids is 1. The van der Waals surface area contributed by atoms with Crippen molar-refractivity contribution in [2.45, 2.75) is 6.54 Å². The van der Waals surface area contributed by atoms with E-state index in [9.17, 15) is 24.3 Å². The van der Waals surface area contributed by atoms with E-state index in [0.717, 1.165) is 7.05 Å². The maximum absolute atomic E-state index is 13.5. The van der Waals surface area contributed by atoms with Crippen LogP contribution in [0, 0.1) is 0 Å². The molecular formula is C26H19BrN2O6. The van der Waals surface area contributed by atoms with Crippen LogP contribution in [0.5, 0.6) is 0 Å². The van der Waals surface area contributed by atoms with Crippen molar-refractivity contribution < 1.29 is 24.6 Å². The van der Waals surface area contributed by atoms with E-state index in [0.29, 0.717) is 36.8 Å². The number of amides is 2. The first-order valence-electron chi connectivity index (χ1n) is 10.4. The largest absolute Gasteiger partial charge is 0.477 e. The lowest BCUT2D eigenvalue weighted by Crippen LogP contribution is -2.31. The van der Waals surface area contributed by atoms with E-state index in [1.54, 1.807) is 54.6 Å². The average Bonchev–Trinajstić information content (AvgIpc) is 2.85. The normalized spacial score (nSPS) is 10.8. The lowest BCUT2D eigenvalue weighted by atomic mass is 9.96. The number of carbonyl (C=O) groups is 3. The Labute approximate surface area is 207 Å². The third-order valence-electron chi connectivity index (χ3n) is 5.63. The molecule has 0 fully saturated rings. The average molecular weight is 535 g/mol. The van der Waals surface area contributed by atoms with Gasteiger partial charge in [-0.3, -0.25) is 14.2 Å². The van der Waals surface area contributed by atoms with Gasteiger partial charge in [-0.15, -0.1) is 0 Å². The van der Waals surface area contributed by atoms with Crippen molar-refractivity contribution in [3.63, 3.8) is 0 Å². The predicted molar refractivity (Wildman–Crippen MR) is 134 cm³/mol. The van der Waals surface area contributed by atoms with Gasteiger partial charge in [-0.05, 0) is 46.8 Å². The Hall–Kier alpha value is -4.24. The maximum atomic E-state index is 13.5. The number of hydrogen-bond acceptors (Lipinski definition) is 4. The Bertz CT molecular complexity index is 1530. The molecule has 8 nitrogen and oxygen atoms in total. The smallest absolute Gasteiger partial charge is 0.414 e. The molecule has 0 spiro atoms. The second-order valence-corrected chi connectivity index (χ2v) is 8.74. The van der Waals surface area contributed by atoms with E-state index in [1.165, 1.54) is 16.7 Å². The van der Waals surface area contributed by atoms with Gasteiger partial charge < -0.3 is 10.2 Å². The highest BCUT2D eigenvalue weighted by atomic mass is 79.9. The van der Waals surface area contributed by atoms with Gasteiger partial charge in [0.1, 0.15) is 5.69 Å². The molecule has 3 aromatic carbocycles. The Morgan fingerprint density at radius 1 is 0.914 bits per heavy atom. The van der Waals surface area contributed by atoms with Crippen LogP contribution >= 0.6 is 15.9 Å². The van der Waals surface area contributed by atoms with E-state index in [4.69, 9.17) is 5.11 Å². The SMILES string of the molecule is CN(C(=O)O)C(=O)c1ccc(Cn2c(C(=O)O)c(-c3ccccc3)c3cc(Br)ccc3c2=O)cc1. The molecule has 4 aromatic rings. The van der Waals surface area contributed by atoms with E-state index in [-0.39, 0.29) is 17.8 Å². The minimum atomic E-state index is -1.38. The summed E-state index contributed by atoms with van der Waals surface area (Å²) in [5.41, 5.74) is 1.17. The molecule has 2 N–H and O–H groups in total. The fraction of sp³-hybridized carbons (Fsp3) is 0.0769. The number of imide groups is 1. The summed E-state index contributed by atoms with van der Waals surface area (Å²) < 4.78 is 1.92. The lowest BCUT2D eigenvalue weighted by molar-refractivity contribution is 0.0684. The van der Waals surface area contributed by atoms with Crippen LogP contribution < -0.4 is 5.56 Å². The Kier molecular flexibility index (Phi) is 6.52. The fourth-order valence-corrected chi connectivity index (χ4v) is 4.27. The molecule has 0 aliphatic carbocycles. The molecule has 0 aliphatic heterocycles. The number of aromatic nitrogens is 1. The number of benzene rings is 3. The number of halogens is 1. The van der Waals surface area contributed by atoms with Gasteiger partial charge in [0.15, 0.2) is 0 Å². The summed E-state index contributed by atoms with van der Waals surface area (Å²) >= 11 is 3.41. The van der Waals surface area contributed by atoms with Gasteiger partial charge in [-0.2, -0.15) is 0 Å². The highest BCUT2D eigenvalue weighted by molar-refractivity contribution is 9.10. The van der Waals surface area contributed by atoms with Gasteiger partial charge in [0.05, 0.1) is 6.54 Å². The van der Waals surface area contributed by atoms with Crippen molar-refractivity contribution in [1.82, 2.24) is 9.47 Å². The molecule has 0 radical (unpaired) electrons. The molecule has 35 heavy (non-hydrogen) atoms. The summed E-state index contributed by atoms with van der Waals surface area (Å²) in [5.74, 6) is -1.95. The van der Waals surface area contributed by atoms with Gasteiger partial charge in [0, 0.05) is 28.0 Å². The third kappa shape index (κ3) is 4.58. The number of aromatic carboxylic acids is 1. The quantitative estimate of drug-likeness (QED) is 0.375. The summed E-state index contributed by atoms with van der Waals surface area (Å²) in [4.78, 5) is 49.8. The Balaban J connectivity index is 1.89. The monoisotopic (exact) mass is 534 g/mol. The van der Waals surface area contributed by atoms with E-state index >= 15 is 0 Å². The molecular weight excluding hydrogens is 516 g/mol. The third-order valence-corrected chi connectivity index (χ3v) is 6.12. The summed E-state index contributed by atoms with van der Waals surface area (Å²) in [6, 6.07) is 20.1. The summed E-state index contributed by atoms with van der Waals surface area (Å²) in [6.45, 7) is -0.0600. The topological polar surface area (TPSA) is 117 Å². The first-order chi connectivity index (χ1) is 16.7. The number of carboxylic acid groups (broad SMARTS) is 2. The van der Waals surface area contributed by atoms with Crippen molar-refractivity contribution in [2.24, 2.45) is 0 Å². The van der Waals surface area contributed by atoms with Crippen LogP contribution in [0.2, 0.25) is 0 Å². The first-order valence-corrected chi connectivity index (χ1v) is 11.2. The number of hydrogen-bond donors (Lipinski definition) is 2.